The van der Waals surface area contributed by atoms with Gasteiger partial charge >= 0.3 is 6.03 Å². The highest BCUT2D eigenvalue weighted by molar-refractivity contribution is 6.30. The van der Waals surface area contributed by atoms with Crippen LogP contribution in [0.3, 0.4) is 0 Å². The maximum atomic E-state index is 13.6. The monoisotopic (exact) mass is 344 g/mol. The number of urea groups is 1. The molecule has 0 aliphatic carbocycles. The van der Waals surface area contributed by atoms with Crippen molar-refractivity contribution in [2.24, 2.45) is 0 Å². The van der Waals surface area contributed by atoms with Crippen molar-refractivity contribution in [2.45, 2.75) is 38.0 Å². The van der Waals surface area contributed by atoms with Gasteiger partial charge in [0, 0.05) is 13.7 Å². The van der Waals surface area contributed by atoms with Gasteiger partial charge in [0.1, 0.15) is 11.9 Å². The first-order valence-electron chi connectivity index (χ1n) is 7.48. The van der Waals surface area contributed by atoms with Crippen molar-refractivity contribution < 1.29 is 19.0 Å². The summed E-state index contributed by atoms with van der Waals surface area (Å²) >= 11 is 5.70. The summed E-state index contributed by atoms with van der Waals surface area (Å²) in [6, 6.07) is 3.95. The van der Waals surface area contributed by atoms with E-state index < -0.39 is 17.5 Å². The van der Waals surface area contributed by atoms with E-state index in [0.29, 0.717) is 18.6 Å². The second-order valence-corrected chi connectivity index (χ2v) is 6.89. The van der Waals surface area contributed by atoms with E-state index >= 15 is 0 Å². The summed E-state index contributed by atoms with van der Waals surface area (Å²) in [6.07, 6.45) is 0.220. The van der Waals surface area contributed by atoms with E-state index in [-0.39, 0.29) is 23.6 Å². The summed E-state index contributed by atoms with van der Waals surface area (Å²) in [6.45, 7) is 3.95. The Morgan fingerprint density at radius 2 is 2.26 bits per heavy atom. The van der Waals surface area contributed by atoms with E-state index in [0.717, 1.165) is 0 Å². The molecular weight excluding hydrogens is 323 g/mol. The predicted octanol–water partition coefficient (Wildman–Crippen LogP) is 2.72. The second kappa shape index (κ2) is 7.03. The molecule has 1 aliphatic rings. The van der Waals surface area contributed by atoms with Gasteiger partial charge in [-0.25, -0.2) is 9.18 Å². The maximum Gasteiger partial charge on any atom is 0.317 e. The average Bonchev–Trinajstić information content (AvgIpc) is 2.88. The summed E-state index contributed by atoms with van der Waals surface area (Å²) in [4.78, 5) is 13.6. The number of amides is 2. The van der Waals surface area contributed by atoms with Gasteiger partial charge in [-0.2, -0.15) is 0 Å². The molecule has 2 atom stereocenters. The molecule has 7 heteroatoms. The minimum atomic E-state index is -0.975. The zero-order chi connectivity index (χ0) is 17.2. The summed E-state index contributed by atoms with van der Waals surface area (Å²) in [5.41, 5.74) is -0.336. The minimum Gasteiger partial charge on any atom is -0.389 e. The molecule has 0 bridgehead atoms. The highest BCUT2D eigenvalue weighted by atomic mass is 35.5. The summed E-state index contributed by atoms with van der Waals surface area (Å²) in [7, 11) is 1.61. The number of nitrogens with one attached hydrogen (secondary N) is 1. The van der Waals surface area contributed by atoms with Gasteiger partial charge in [-0.15, -0.1) is 0 Å². The van der Waals surface area contributed by atoms with Crippen LogP contribution in [0.25, 0.3) is 0 Å². The number of ether oxygens (including phenoxy) is 1. The molecule has 1 saturated heterocycles. The Morgan fingerprint density at radius 3 is 2.87 bits per heavy atom. The first-order valence-corrected chi connectivity index (χ1v) is 7.86. The van der Waals surface area contributed by atoms with Crippen LogP contribution in [0, 0.1) is 5.82 Å². The van der Waals surface area contributed by atoms with Crippen molar-refractivity contribution in [3.8, 4) is 0 Å². The fraction of sp³-hybridized carbons (Fsp3) is 0.562. The molecule has 0 radical (unpaired) electrons. The van der Waals surface area contributed by atoms with E-state index in [1.807, 2.05) is 0 Å². The zero-order valence-corrected chi connectivity index (χ0v) is 14.2. The zero-order valence-electron chi connectivity index (χ0n) is 13.5. The highest BCUT2D eigenvalue weighted by Crippen LogP contribution is 2.31. The number of halogens is 2. The number of hydrogen-bond donors (Lipinski definition) is 2. The number of aliphatic hydroxyl groups is 1. The van der Waals surface area contributed by atoms with Crippen LogP contribution in [0.4, 0.5) is 9.18 Å². The average molecular weight is 345 g/mol. The number of carbonyl (C=O) groups is 1. The van der Waals surface area contributed by atoms with Crippen molar-refractivity contribution >= 4 is 17.6 Å². The van der Waals surface area contributed by atoms with Gasteiger partial charge in [0.2, 0.25) is 0 Å². The number of rotatable bonds is 4. The first kappa shape index (κ1) is 18.0. The molecule has 2 N–H and O–H groups in total. The molecule has 1 fully saturated rings. The molecule has 128 valence electrons. The van der Waals surface area contributed by atoms with Crippen molar-refractivity contribution in [3.63, 3.8) is 0 Å². The van der Waals surface area contributed by atoms with Crippen molar-refractivity contribution in [2.75, 3.05) is 20.2 Å². The number of nitrogens with zero attached hydrogens (tertiary/aromatic N) is 1. The lowest BCUT2D eigenvalue weighted by atomic mass is 10.0. The maximum absolute atomic E-state index is 13.6. The Hall–Kier alpha value is -1.37. The van der Waals surface area contributed by atoms with Crippen LogP contribution in [-0.4, -0.2) is 47.9 Å². The Labute approximate surface area is 140 Å². The normalized spacial score (nSPS) is 21.3. The lowest BCUT2D eigenvalue weighted by molar-refractivity contribution is 0.0516. The Morgan fingerprint density at radius 1 is 1.57 bits per heavy atom. The molecule has 23 heavy (non-hydrogen) atoms. The molecule has 1 heterocycles. The van der Waals surface area contributed by atoms with E-state index in [2.05, 4.69) is 5.32 Å². The van der Waals surface area contributed by atoms with Crippen molar-refractivity contribution in [1.82, 2.24) is 10.2 Å². The number of carbonyl (C=O) groups excluding carboxylic acids is 1. The van der Waals surface area contributed by atoms with E-state index in [9.17, 15) is 14.3 Å². The molecule has 0 saturated carbocycles. The van der Waals surface area contributed by atoms with Crippen molar-refractivity contribution in [3.05, 3.63) is 34.6 Å². The summed E-state index contributed by atoms with van der Waals surface area (Å²) in [5.74, 6) is -0.510. The van der Waals surface area contributed by atoms with Crippen LogP contribution in [0.5, 0.6) is 0 Å². The third-order valence-corrected chi connectivity index (χ3v) is 3.95. The van der Waals surface area contributed by atoms with Gasteiger partial charge in [0.05, 0.1) is 23.2 Å². The molecule has 1 aromatic carbocycles. The molecular formula is C16H22ClFN2O3. The smallest absolute Gasteiger partial charge is 0.317 e. The molecule has 2 unspecified atom stereocenters. The molecule has 2 rings (SSSR count). The Balaban J connectivity index is 2.04. The Bertz CT molecular complexity index is 577. The lowest BCUT2D eigenvalue weighted by Gasteiger charge is -2.28. The molecule has 2 amide bonds. The van der Waals surface area contributed by atoms with E-state index in [1.54, 1.807) is 27.0 Å². The third kappa shape index (κ3) is 4.80. The first-order chi connectivity index (χ1) is 10.7. The number of benzene rings is 1. The molecule has 1 aromatic rings. The molecule has 1 aliphatic heterocycles. The summed E-state index contributed by atoms with van der Waals surface area (Å²) in [5, 5.41) is 12.7. The minimum absolute atomic E-state index is 0.0530. The Kier molecular flexibility index (Phi) is 5.49. The fourth-order valence-corrected chi connectivity index (χ4v) is 2.79. The molecule has 0 aromatic heterocycles. The predicted molar refractivity (Wildman–Crippen MR) is 86.0 cm³/mol. The third-order valence-electron chi connectivity index (χ3n) is 3.64. The van der Waals surface area contributed by atoms with Crippen LogP contribution in [0.15, 0.2) is 18.2 Å². The molecule has 5 nitrogen and oxygen atoms in total. The van der Waals surface area contributed by atoms with Crippen LogP contribution in [0.1, 0.15) is 31.9 Å². The number of likely N-dealkylation sites (N-methyl/N-ethyl adjacent to an activating group) is 1. The van der Waals surface area contributed by atoms with Crippen molar-refractivity contribution in [1.29, 1.82) is 0 Å². The van der Waals surface area contributed by atoms with Gasteiger partial charge in [-0.05, 0) is 38.0 Å². The van der Waals surface area contributed by atoms with E-state index in [4.69, 9.17) is 16.3 Å². The highest BCUT2D eigenvalue weighted by Gasteiger charge is 2.32. The van der Waals surface area contributed by atoms with Gasteiger partial charge < -0.3 is 20.1 Å². The fourth-order valence-electron chi connectivity index (χ4n) is 2.68. The van der Waals surface area contributed by atoms with Crippen LogP contribution in [0.2, 0.25) is 5.02 Å². The van der Waals surface area contributed by atoms with E-state index in [1.165, 1.54) is 17.0 Å². The van der Waals surface area contributed by atoms with Crippen LogP contribution >= 0.6 is 11.6 Å². The SMILES string of the molecule is CN(CC(C)(C)O)C(=O)NC1CCOC1c1ccc(Cl)c(F)c1. The number of hydrogen-bond acceptors (Lipinski definition) is 3. The standard InChI is InChI=1S/C16H22ClFN2O3/c1-16(2,22)9-20(3)15(21)19-13-6-7-23-14(13)10-4-5-11(17)12(18)8-10/h4-5,8,13-14,22H,6-7,9H2,1-3H3,(H,19,21). The topological polar surface area (TPSA) is 61.8 Å². The lowest BCUT2D eigenvalue weighted by Crippen LogP contribution is -2.48. The largest absolute Gasteiger partial charge is 0.389 e. The van der Waals surface area contributed by atoms with Crippen LogP contribution in [-0.2, 0) is 4.74 Å². The van der Waals surface area contributed by atoms with Gasteiger partial charge in [-0.1, -0.05) is 17.7 Å². The van der Waals surface area contributed by atoms with Gasteiger partial charge in [-0.3, -0.25) is 0 Å². The second-order valence-electron chi connectivity index (χ2n) is 6.48. The van der Waals surface area contributed by atoms with Gasteiger partial charge in [0.15, 0.2) is 0 Å². The molecule has 0 spiro atoms. The van der Waals surface area contributed by atoms with Gasteiger partial charge in [0.25, 0.3) is 0 Å². The quantitative estimate of drug-likeness (QED) is 0.882. The summed E-state index contributed by atoms with van der Waals surface area (Å²) < 4.78 is 19.3. The van der Waals surface area contributed by atoms with Crippen LogP contribution < -0.4 is 5.32 Å².